The van der Waals surface area contributed by atoms with Crippen molar-refractivity contribution in [2.45, 2.75) is 39.7 Å². The maximum atomic E-state index is 6.65. The molecule has 0 amide bonds. The lowest BCUT2D eigenvalue weighted by Crippen LogP contribution is -2.35. The maximum Gasteiger partial charge on any atom is 0.0639 e. The van der Waals surface area contributed by atoms with E-state index in [2.05, 4.69) is 70.2 Å². The molecule has 2 N–H and O–H groups in total. The molecule has 2 rings (SSSR count). The smallest absolute Gasteiger partial charge is 0.0639 e. The molecule has 0 bridgehead atoms. The molecule has 1 heteroatoms. The Labute approximate surface area is 116 Å². The molecule has 0 spiro atoms. The summed E-state index contributed by atoms with van der Waals surface area (Å²) in [6.45, 7) is 8.51. The van der Waals surface area contributed by atoms with Gasteiger partial charge >= 0.3 is 0 Å². The van der Waals surface area contributed by atoms with Gasteiger partial charge in [-0.3, -0.25) is 0 Å². The minimum atomic E-state index is -0.443. The van der Waals surface area contributed by atoms with Gasteiger partial charge in [0.1, 0.15) is 0 Å². The van der Waals surface area contributed by atoms with Crippen molar-refractivity contribution in [3.8, 4) is 0 Å². The first-order valence-electron chi connectivity index (χ1n) is 6.91. The van der Waals surface area contributed by atoms with Gasteiger partial charge in [-0.15, -0.1) is 0 Å². The van der Waals surface area contributed by atoms with E-state index >= 15 is 0 Å². The fourth-order valence-corrected chi connectivity index (χ4v) is 2.57. The van der Waals surface area contributed by atoms with Crippen molar-refractivity contribution in [2.75, 3.05) is 0 Å². The Kier molecular flexibility index (Phi) is 3.77. The van der Waals surface area contributed by atoms with Gasteiger partial charge in [0.15, 0.2) is 0 Å². The van der Waals surface area contributed by atoms with Gasteiger partial charge in [0.2, 0.25) is 0 Å². The van der Waals surface area contributed by atoms with Crippen molar-refractivity contribution >= 4 is 0 Å². The van der Waals surface area contributed by atoms with E-state index in [1.165, 1.54) is 27.8 Å². The van der Waals surface area contributed by atoms with Crippen LogP contribution in [0.3, 0.4) is 0 Å². The van der Waals surface area contributed by atoms with Gasteiger partial charge in [-0.25, -0.2) is 0 Å². The van der Waals surface area contributed by atoms with E-state index in [0.29, 0.717) is 0 Å². The van der Waals surface area contributed by atoms with Crippen LogP contribution in [0, 0.1) is 13.8 Å². The third-order valence-corrected chi connectivity index (χ3v) is 3.89. The molecule has 1 unspecified atom stereocenters. The average molecular weight is 253 g/mol. The molecule has 19 heavy (non-hydrogen) atoms. The number of benzene rings is 2. The van der Waals surface area contributed by atoms with Gasteiger partial charge in [0, 0.05) is 0 Å². The molecule has 0 aromatic heterocycles. The van der Waals surface area contributed by atoms with Crippen LogP contribution in [-0.4, -0.2) is 0 Å². The van der Waals surface area contributed by atoms with E-state index in [-0.39, 0.29) is 0 Å². The molecule has 0 heterocycles. The van der Waals surface area contributed by atoms with Crippen molar-refractivity contribution in [3.63, 3.8) is 0 Å². The second kappa shape index (κ2) is 5.18. The zero-order valence-corrected chi connectivity index (χ0v) is 12.3. The van der Waals surface area contributed by atoms with Gasteiger partial charge < -0.3 is 5.73 Å². The van der Waals surface area contributed by atoms with Crippen molar-refractivity contribution < 1.29 is 0 Å². The fourth-order valence-electron chi connectivity index (χ4n) is 2.57. The molecule has 0 radical (unpaired) electrons. The molecule has 100 valence electrons. The first kappa shape index (κ1) is 13.8. The Hall–Kier alpha value is -1.60. The topological polar surface area (TPSA) is 26.0 Å². The highest BCUT2D eigenvalue weighted by atomic mass is 14.7. The second-order valence-corrected chi connectivity index (χ2v) is 5.57. The van der Waals surface area contributed by atoms with Gasteiger partial charge in [-0.05, 0) is 49.4 Å². The van der Waals surface area contributed by atoms with Gasteiger partial charge in [0.25, 0.3) is 0 Å². The summed E-state index contributed by atoms with van der Waals surface area (Å²) in [6.07, 6.45) is 1.04. The first-order valence-corrected chi connectivity index (χ1v) is 6.91. The molecule has 2 aromatic rings. The highest BCUT2D eigenvalue weighted by Crippen LogP contribution is 2.30. The molecular weight excluding hydrogens is 230 g/mol. The molecule has 0 saturated heterocycles. The summed E-state index contributed by atoms with van der Waals surface area (Å²) in [7, 11) is 0. The lowest BCUT2D eigenvalue weighted by Gasteiger charge is -2.28. The Balaban J connectivity index is 2.54. The molecule has 0 saturated carbocycles. The molecule has 1 nitrogen and oxygen atoms in total. The van der Waals surface area contributed by atoms with Crippen LogP contribution < -0.4 is 5.73 Å². The highest BCUT2D eigenvalue weighted by molar-refractivity contribution is 5.44. The minimum Gasteiger partial charge on any atom is -0.318 e. The van der Waals surface area contributed by atoms with Crippen LogP contribution in [0.25, 0.3) is 0 Å². The predicted molar refractivity (Wildman–Crippen MR) is 82.4 cm³/mol. The van der Waals surface area contributed by atoms with Gasteiger partial charge in [0.05, 0.1) is 5.54 Å². The van der Waals surface area contributed by atoms with Crippen LogP contribution in [0.5, 0.6) is 0 Å². The van der Waals surface area contributed by atoms with Crippen LogP contribution in [0.1, 0.15) is 41.7 Å². The molecule has 0 fully saturated rings. The molecule has 0 aliphatic rings. The number of rotatable bonds is 3. The fraction of sp³-hybridized carbons (Fsp3) is 0.333. The summed E-state index contributed by atoms with van der Waals surface area (Å²) in [5.41, 5.74) is 12.4. The Morgan fingerprint density at radius 1 is 1.05 bits per heavy atom. The average Bonchev–Trinajstić information content (AvgIpc) is 2.41. The van der Waals surface area contributed by atoms with Crippen LogP contribution >= 0.6 is 0 Å². The van der Waals surface area contributed by atoms with Crippen molar-refractivity contribution in [2.24, 2.45) is 5.73 Å². The Morgan fingerprint density at radius 2 is 1.79 bits per heavy atom. The third kappa shape index (κ3) is 2.71. The van der Waals surface area contributed by atoms with Gasteiger partial charge in [-0.1, -0.05) is 55.0 Å². The monoisotopic (exact) mass is 253 g/mol. The largest absolute Gasteiger partial charge is 0.318 e. The minimum absolute atomic E-state index is 0.443. The van der Waals surface area contributed by atoms with Crippen molar-refractivity contribution in [3.05, 3.63) is 70.3 Å². The Morgan fingerprint density at radius 3 is 2.47 bits per heavy atom. The van der Waals surface area contributed by atoms with E-state index < -0.39 is 5.54 Å². The highest BCUT2D eigenvalue weighted by Gasteiger charge is 2.25. The lowest BCUT2D eigenvalue weighted by molar-refractivity contribution is 0.597. The van der Waals surface area contributed by atoms with E-state index in [1.807, 2.05) is 0 Å². The SMILES string of the molecule is CCc1cccc(C(C)(N)c2cc(C)ccc2C)c1. The summed E-state index contributed by atoms with van der Waals surface area (Å²) < 4.78 is 0. The third-order valence-electron chi connectivity index (χ3n) is 3.89. The van der Waals surface area contributed by atoms with Crippen molar-refractivity contribution in [1.29, 1.82) is 0 Å². The molecule has 0 aliphatic heterocycles. The molecular formula is C18H23N. The standard InChI is InChI=1S/C18H23N/c1-5-15-7-6-8-16(12-15)18(4,19)17-11-13(2)9-10-14(17)3/h6-12H,5,19H2,1-4H3. The van der Waals surface area contributed by atoms with Crippen LogP contribution in [-0.2, 0) is 12.0 Å². The maximum absolute atomic E-state index is 6.65. The molecule has 0 aliphatic carbocycles. The first-order chi connectivity index (χ1) is 8.95. The lowest BCUT2D eigenvalue weighted by atomic mass is 9.82. The number of hydrogen-bond donors (Lipinski definition) is 1. The Bertz CT molecular complexity index is 582. The summed E-state index contributed by atoms with van der Waals surface area (Å²) in [5, 5.41) is 0. The zero-order valence-electron chi connectivity index (χ0n) is 12.3. The quantitative estimate of drug-likeness (QED) is 0.876. The van der Waals surface area contributed by atoms with E-state index in [4.69, 9.17) is 5.73 Å². The normalized spacial score (nSPS) is 14.2. The summed E-state index contributed by atoms with van der Waals surface area (Å²) in [4.78, 5) is 0. The molecule has 1 atom stereocenters. The van der Waals surface area contributed by atoms with Crippen molar-refractivity contribution in [1.82, 2.24) is 0 Å². The number of nitrogens with two attached hydrogens (primary N) is 1. The second-order valence-electron chi connectivity index (χ2n) is 5.57. The van der Waals surface area contributed by atoms with E-state index in [0.717, 1.165) is 6.42 Å². The van der Waals surface area contributed by atoms with Crippen LogP contribution in [0.15, 0.2) is 42.5 Å². The predicted octanol–water partition coefficient (Wildman–Crippen LogP) is 4.09. The van der Waals surface area contributed by atoms with Crippen LogP contribution in [0.4, 0.5) is 0 Å². The van der Waals surface area contributed by atoms with Crippen LogP contribution in [0.2, 0.25) is 0 Å². The van der Waals surface area contributed by atoms with E-state index in [9.17, 15) is 0 Å². The van der Waals surface area contributed by atoms with E-state index in [1.54, 1.807) is 0 Å². The number of aryl methyl sites for hydroxylation is 3. The zero-order chi connectivity index (χ0) is 14.0. The molecule has 2 aromatic carbocycles. The number of hydrogen-bond acceptors (Lipinski definition) is 1. The van der Waals surface area contributed by atoms with Gasteiger partial charge in [-0.2, -0.15) is 0 Å². The summed E-state index contributed by atoms with van der Waals surface area (Å²) >= 11 is 0. The summed E-state index contributed by atoms with van der Waals surface area (Å²) in [6, 6.07) is 15.1. The summed E-state index contributed by atoms with van der Waals surface area (Å²) in [5.74, 6) is 0.